The Labute approximate surface area is 167 Å². The number of fused-ring (bicyclic) bond motifs is 1. The van der Waals surface area contributed by atoms with Crippen LogP contribution in [0.3, 0.4) is 0 Å². The summed E-state index contributed by atoms with van der Waals surface area (Å²) in [6, 6.07) is 9.70. The van der Waals surface area contributed by atoms with Gasteiger partial charge in [-0.25, -0.2) is 0 Å². The lowest BCUT2D eigenvalue weighted by molar-refractivity contribution is -0.138. The zero-order valence-corrected chi connectivity index (χ0v) is 15.8. The highest BCUT2D eigenvalue weighted by Crippen LogP contribution is 2.42. The van der Waals surface area contributed by atoms with E-state index in [1.807, 2.05) is 0 Å². The van der Waals surface area contributed by atoms with Crippen molar-refractivity contribution in [3.8, 4) is 11.5 Å². The van der Waals surface area contributed by atoms with Crippen molar-refractivity contribution in [1.82, 2.24) is 0 Å². The minimum absolute atomic E-state index is 0.0105. The normalized spacial score (nSPS) is 16.7. The Morgan fingerprint density at radius 1 is 1.10 bits per heavy atom. The predicted molar refractivity (Wildman–Crippen MR) is 103 cm³/mol. The highest BCUT2D eigenvalue weighted by molar-refractivity contribution is 5.84. The van der Waals surface area contributed by atoms with Gasteiger partial charge >= 0.3 is 6.18 Å². The Balaban J connectivity index is 1.51. The van der Waals surface area contributed by atoms with E-state index in [2.05, 4.69) is 0 Å². The maximum absolute atomic E-state index is 13.6. The number of halogens is 3. The van der Waals surface area contributed by atoms with Gasteiger partial charge in [-0.15, -0.1) is 0 Å². The standard InChI is InChI=1S/C23H21F3O3/c24-23(25,26)21-10-15(5-8-20(21)17-3-1-2-4-17)13-28-19-7-6-18-9-16(12-27)14-29-22(18)11-19/h5-12,17H,1-4,13-14H2. The third kappa shape index (κ3) is 4.31. The Bertz CT molecular complexity index is 941. The number of ether oxygens (including phenoxy) is 2. The van der Waals surface area contributed by atoms with Crippen LogP contribution in [0.2, 0.25) is 0 Å². The quantitative estimate of drug-likeness (QED) is 0.583. The summed E-state index contributed by atoms with van der Waals surface area (Å²) >= 11 is 0. The number of rotatable bonds is 5. The van der Waals surface area contributed by atoms with Gasteiger partial charge in [-0.05, 0) is 54.2 Å². The summed E-state index contributed by atoms with van der Waals surface area (Å²) in [6.07, 6.45) is 1.71. The van der Waals surface area contributed by atoms with E-state index in [1.54, 1.807) is 36.4 Å². The minimum atomic E-state index is -4.38. The van der Waals surface area contributed by atoms with Crippen molar-refractivity contribution in [2.45, 2.75) is 44.4 Å². The van der Waals surface area contributed by atoms with Crippen LogP contribution in [-0.4, -0.2) is 12.9 Å². The average molecular weight is 402 g/mol. The molecule has 0 saturated heterocycles. The molecule has 0 atom stereocenters. The van der Waals surface area contributed by atoms with Crippen molar-refractivity contribution in [1.29, 1.82) is 0 Å². The van der Waals surface area contributed by atoms with Crippen LogP contribution < -0.4 is 9.47 Å². The molecule has 1 heterocycles. The Morgan fingerprint density at radius 2 is 1.90 bits per heavy atom. The molecule has 0 amide bonds. The molecule has 0 unspecified atom stereocenters. The summed E-state index contributed by atoms with van der Waals surface area (Å²) in [5.74, 6) is 1.07. The summed E-state index contributed by atoms with van der Waals surface area (Å²) in [6.45, 7) is 0.222. The van der Waals surface area contributed by atoms with Crippen LogP contribution in [0.25, 0.3) is 6.08 Å². The number of alkyl halides is 3. The summed E-state index contributed by atoms with van der Waals surface area (Å²) < 4.78 is 52.1. The van der Waals surface area contributed by atoms with Crippen LogP contribution in [0, 0.1) is 0 Å². The molecule has 0 aromatic heterocycles. The fraction of sp³-hybridized carbons (Fsp3) is 0.348. The average Bonchev–Trinajstić information content (AvgIpc) is 3.25. The van der Waals surface area contributed by atoms with Gasteiger partial charge in [0, 0.05) is 17.2 Å². The summed E-state index contributed by atoms with van der Waals surface area (Å²) in [4.78, 5) is 10.8. The van der Waals surface area contributed by atoms with E-state index in [-0.39, 0.29) is 19.1 Å². The molecule has 0 bridgehead atoms. The van der Waals surface area contributed by atoms with E-state index in [0.29, 0.717) is 28.2 Å². The molecule has 29 heavy (non-hydrogen) atoms. The number of carbonyl (C=O) groups is 1. The lowest BCUT2D eigenvalue weighted by atomic mass is 9.91. The van der Waals surface area contributed by atoms with E-state index < -0.39 is 11.7 Å². The van der Waals surface area contributed by atoms with E-state index in [4.69, 9.17) is 9.47 Å². The predicted octanol–water partition coefficient (Wildman–Crippen LogP) is 5.92. The maximum Gasteiger partial charge on any atom is 0.416 e. The molecule has 1 fully saturated rings. The van der Waals surface area contributed by atoms with Crippen molar-refractivity contribution in [3.63, 3.8) is 0 Å². The first-order valence-electron chi connectivity index (χ1n) is 9.69. The molecule has 0 N–H and O–H groups in total. The van der Waals surface area contributed by atoms with Crippen LogP contribution in [0.1, 0.15) is 53.9 Å². The SMILES string of the molecule is O=CC1=Cc2ccc(OCc3ccc(C4CCCC4)c(C(F)(F)F)c3)cc2OC1. The van der Waals surface area contributed by atoms with Gasteiger partial charge < -0.3 is 9.47 Å². The number of benzene rings is 2. The molecule has 2 aliphatic rings. The van der Waals surface area contributed by atoms with Crippen molar-refractivity contribution >= 4 is 12.4 Å². The van der Waals surface area contributed by atoms with Crippen LogP contribution in [-0.2, 0) is 17.6 Å². The Kier molecular flexibility index (Phi) is 5.35. The molecule has 3 nitrogen and oxygen atoms in total. The fourth-order valence-corrected chi connectivity index (χ4v) is 4.02. The maximum atomic E-state index is 13.6. The van der Waals surface area contributed by atoms with Gasteiger partial charge in [0.05, 0.1) is 5.56 Å². The number of hydrogen-bond acceptors (Lipinski definition) is 3. The third-order valence-corrected chi connectivity index (χ3v) is 5.50. The summed E-state index contributed by atoms with van der Waals surface area (Å²) in [7, 11) is 0. The monoisotopic (exact) mass is 402 g/mol. The van der Waals surface area contributed by atoms with Crippen molar-refractivity contribution < 1.29 is 27.4 Å². The second-order valence-corrected chi connectivity index (χ2v) is 7.51. The largest absolute Gasteiger partial charge is 0.489 e. The first-order chi connectivity index (χ1) is 13.9. The molecule has 0 radical (unpaired) electrons. The fourth-order valence-electron chi connectivity index (χ4n) is 4.02. The zero-order valence-electron chi connectivity index (χ0n) is 15.8. The molecular weight excluding hydrogens is 381 g/mol. The van der Waals surface area contributed by atoms with Crippen molar-refractivity contribution in [2.24, 2.45) is 0 Å². The van der Waals surface area contributed by atoms with Gasteiger partial charge in [-0.2, -0.15) is 13.2 Å². The second-order valence-electron chi connectivity index (χ2n) is 7.51. The van der Waals surface area contributed by atoms with E-state index >= 15 is 0 Å². The molecule has 2 aromatic carbocycles. The van der Waals surface area contributed by atoms with E-state index in [1.165, 1.54) is 6.07 Å². The van der Waals surface area contributed by atoms with Gasteiger partial charge in [0.25, 0.3) is 0 Å². The molecular formula is C23H21F3O3. The molecule has 4 rings (SSSR count). The van der Waals surface area contributed by atoms with Crippen molar-refractivity contribution in [2.75, 3.05) is 6.61 Å². The first kappa shape index (κ1) is 19.6. The van der Waals surface area contributed by atoms with E-state index in [9.17, 15) is 18.0 Å². The molecule has 6 heteroatoms. The van der Waals surface area contributed by atoms with Gasteiger partial charge in [0.2, 0.25) is 0 Å². The Morgan fingerprint density at radius 3 is 2.62 bits per heavy atom. The van der Waals surface area contributed by atoms with Crippen LogP contribution in [0.15, 0.2) is 42.0 Å². The first-order valence-corrected chi connectivity index (χ1v) is 9.69. The van der Waals surface area contributed by atoms with Gasteiger partial charge in [-0.1, -0.05) is 25.0 Å². The zero-order chi connectivity index (χ0) is 20.4. The second kappa shape index (κ2) is 7.93. The lowest BCUT2D eigenvalue weighted by Crippen LogP contribution is -2.12. The number of carbonyl (C=O) groups excluding carboxylic acids is 1. The van der Waals surface area contributed by atoms with Crippen LogP contribution in [0.4, 0.5) is 13.2 Å². The van der Waals surface area contributed by atoms with Crippen LogP contribution >= 0.6 is 0 Å². The van der Waals surface area contributed by atoms with Gasteiger partial charge in [-0.3, -0.25) is 4.79 Å². The topological polar surface area (TPSA) is 35.5 Å². The number of hydrogen-bond donors (Lipinski definition) is 0. The molecule has 1 aliphatic carbocycles. The Hall–Kier alpha value is -2.76. The molecule has 0 spiro atoms. The lowest BCUT2D eigenvalue weighted by Gasteiger charge is -2.19. The highest BCUT2D eigenvalue weighted by atomic mass is 19.4. The number of aldehydes is 1. The smallest absolute Gasteiger partial charge is 0.416 e. The third-order valence-electron chi connectivity index (χ3n) is 5.50. The molecule has 1 saturated carbocycles. The van der Waals surface area contributed by atoms with E-state index in [0.717, 1.165) is 37.5 Å². The molecule has 152 valence electrons. The summed E-state index contributed by atoms with van der Waals surface area (Å²) in [5, 5.41) is 0. The summed E-state index contributed by atoms with van der Waals surface area (Å²) in [5.41, 5.74) is 1.64. The van der Waals surface area contributed by atoms with Crippen molar-refractivity contribution in [3.05, 3.63) is 64.2 Å². The van der Waals surface area contributed by atoms with Crippen LogP contribution in [0.5, 0.6) is 11.5 Å². The van der Waals surface area contributed by atoms with Gasteiger partial charge in [0.1, 0.15) is 31.0 Å². The molecule has 1 aliphatic heterocycles. The highest BCUT2D eigenvalue weighted by Gasteiger charge is 2.36. The molecule has 2 aromatic rings. The minimum Gasteiger partial charge on any atom is -0.489 e. The van der Waals surface area contributed by atoms with Gasteiger partial charge in [0.15, 0.2) is 0 Å².